The summed E-state index contributed by atoms with van der Waals surface area (Å²) in [5.41, 5.74) is 0.373. The second-order valence-corrected chi connectivity index (χ2v) is 16.3. The molecule has 4 rings (SSSR count). The minimum absolute atomic E-state index is 0.0728. The molecule has 1 spiro atoms. The van der Waals surface area contributed by atoms with Crippen molar-refractivity contribution in [1.82, 2.24) is 19.7 Å². The number of halogens is 1. The van der Waals surface area contributed by atoms with Gasteiger partial charge in [0.05, 0.1) is 24.9 Å². The van der Waals surface area contributed by atoms with Gasteiger partial charge in [0, 0.05) is 38.4 Å². The lowest BCUT2D eigenvalue weighted by Gasteiger charge is -2.38. The molecule has 1 aliphatic heterocycles. The second-order valence-electron chi connectivity index (χ2n) is 10.7. The SMILES string of the molecule is COc1cc(-c2cc(C(=O)N3CCC(C(=O)O)CC34CC4)nn2COCC[Si](C)(C)C)c(F)cn1. The van der Waals surface area contributed by atoms with Gasteiger partial charge in [0.1, 0.15) is 6.73 Å². The normalized spacial score (nSPS) is 19.1. The highest BCUT2D eigenvalue weighted by Crippen LogP contribution is 2.50. The third kappa shape index (κ3) is 5.56. The van der Waals surface area contributed by atoms with Crippen molar-refractivity contribution < 1.29 is 28.6 Å². The van der Waals surface area contributed by atoms with Crippen LogP contribution in [0.2, 0.25) is 25.7 Å². The van der Waals surface area contributed by atoms with Crippen LogP contribution < -0.4 is 4.74 Å². The number of carbonyl (C=O) groups excluding carboxylic acids is 1. The van der Waals surface area contributed by atoms with Crippen molar-refractivity contribution in [1.29, 1.82) is 0 Å². The Hall–Kier alpha value is -2.79. The summed E-state index contributed by atoms with van der Waals surface area (Å²) in [5.74, 6) is -1.83. The Balaban J connectivity index is 1.62. The van der Waals surface area contributed by atoms with Crippen LogP contribution in [0.5, 0.6) is 5.88 Å². The maximum absolute atomic E-state index is 14.8. The number of hydrogen-bond donors (Lipinski definition) is 1. The molecule has 1 amide bonds. The van der Waals surface area contributed by atoms with Crippen molar-refractivity contribution >= 4 is 20.0 Å². The lowest BCUT2D eigenvalue weighted by Crippen LogP contribution is -2.49. The van der Waals surface area contributed by atoms with E-state index in [1.807, 2.05) is 0 Å². The van der Waals surface area contributed by atoms with E-state index in [0.29, 0.717) is 31.7 Å². The quantitative estimate of drug-likeness (QED) is 0.408. The Kier molecular flexibility index (Phi) is 7.01. The number of amides is 1. The molecule has 0 aromatic carbocycles. The summed E-state index contributed by atoms with van der Waals surface area (Å²) in [4.78, 5) is 30.7. The first-order chi connectivity index (χ1) is 16.5. The van der Waals surface area contributed by atoms with Gasteiger partial charge in [-0.2, -0.15) is 5.10 Å². The second kappa shape index (κ2) is 9.69. The number of aromatic nitrogens is 3. The van der Waals surface area contributed by atoms with Gasteiger partial charge in [-0.3, -0.25) is 9.59 Å². The van der Waals surface area contributed by atoms with E-state index < -0.39 is 31.3 Å². The van der Waals surface area contributed by atoms with Crippen LogP contribution in [0.15, 0.2) is 18.3 Å². The number of rotatable bonds is 9. The van der Waals surface area contributed by atoms with Gasteiger partial charge in [0.15, 0.2) is 11.5 Å². The molecule has 11 heteroatoms. The minimum atomic E-state index is -1.29. The molecular formula is C24H33FN4O5Si. The maximum atomic E-state index is 14.8. The third-order valence-corrected chi connectivity index (χ3v) is 8.55. The van der Waals surface area contributed by atoms with Crippen LogP contribution in [0, 0.1) is 11.7 Å². The van der Waals surface area contributed by atoms with Gasteiger partial charge < -0.3 is 19.5 Å². The zero-order valence-electron chi connectivity index (χ0n) is 20.7. The molecule has 190 valence electrons. The molecule has 3 heterocycles. The molecule has 0 bridgehead atoms. The highest BCUT2D eigenvalue weighted by atomic mass is 28.3. The fourth-order valence-electron chi connectivity index (χ4n) is 4.57. The van der Waals surface area contributed by atoms with Crippen molar-refractivity contribution in [2.24, 2.45) is 5.92 Å². The summed E-state index contributed by atoms with van der Waals surface area (Å²) < 4.78 is 27.3. The van der Waals surface area contributed by atoms with E-state index in [-0.39, 0.29) is 29.8 Å². The number of pyridine rings is 1. The van der Waals surface area contributed by atoms with E-state index >= 15 is 0 Å². The molecular weight excluding hydrogens is 471 g/mol. The number of methoxy groups -OCH3 is 1. The van der Waals surface area contributed by atoms with E-state index in [0.717, 1.165) is 25.1 Å². The van der Waals surface area contributed by atoms with Crippen molar-refractivity contribution in [2.75, 3.05) is 20.3 Å². The molecule has 1 N–H and O–H groups in total. The topological polar surface area (TPSA) is 107 Å². The summed E-state index contributed by atoms with van der Waals surface area (Å²) in [6, 6.07) is 4.01. The molecule has 9 nitrogen and oxygen atoms in total. The molecule has 1 unspecified atom stereocenters. The monoisotopic (exact) mass is 504 g/mol. The van der Waals surface area contributed by atoms with Crippen LogP contribution in [-0.4, -0.2) is 70.5 Å². The molecule has 1 saturated carbocycles. The Morgan fingerprint density at radius 2 is 2.03 bits per heavy atom. The number of carboxylic acids is 1. The van der Waals surface area contributed by atoms with Gasteiger partial charge in [0.2, 0.25) is 5.88 Å². The van der Waals surface area contributed by atoms with Gasteiger partial charge in [-0.05, 0) is 37.8 Å². The van der Waals surface area contributed by atoms with Crippen molar-refractivity contribution in [3.63, 3.8) is 0 Å². The summed E-state index contributed by atoms with van der Waals surface area (Å²) in [5, 5.41) is 14.0. The summed E-state index contributed by atoms with van der Waals surface area (Å²) in [7, 11) is 0.156. The number of nitrogens with zero attached hydrogens (tertiary/aromatic N) is 4. The van der Waals surface area contributed by atoms with Crippen molar-refractivity contribution in [3.05, 3.63) is 29.8 Å². The molecule has 1 atom stereocenters. The standard InChI is InChI=1S/C24H33FN4O5Si/c1-33-21-11-17(18(25)14-26-21)20-12-19(27-29(20)15-34-9-10-35(2,3)4)22(30)28-8-5-16(23(31)32)13-24(28)6-7-24/h11-12,14,16H,5-10,13,15H2,1-4H3,(H,31,32). The van der Waals surface area contributed by atoms with Gasteiger partial charge in [-0.1, -0.05) is 19.6 Å². The largest absolute Gasteiger partial charge is 0.481 e. The predicted molar refractivity (Wildman–Crippen MR) is 129 cm³/mol. The average Bonchev–Trinajstić information content (AvgIpc) is 3.43. The molecule has 1 aliphatic carbocycles. The molecule has 35 heavy (non-hydrogen) atoms. The number of carbonyl (C=O) groups is 2. The number of piperidine rings is 1. The Morgan fingerprint density at radius 3 is 2.66 bits per heavy atom. The van der Waals surface area contributed by atoms with Gasteiger partial charge >= 0.3 is 5.97 Å². The molecule has 0 radical (unpaired) electrons. The molecule has 2 aromatic rings. The third-order valence-electron chi connectivity index (χ3n) is 6.85. The number of likely N-dealkylation sites (tertiary alicyclic amines) is 1. The Bertz CT molecular complexity index is 1110. The zero-order valence-corrected chi connectivity index (χ0v) is 21.7. The van der Waals surface area contributed by atoms with E-state index in [9.17, 15) is 19.1 Å². The van der Waals surface area contributed by atoms with Gasteiger partial charge in [0.25, 0.3) is 5.91 Å². The number of aliphatic carboxylic acids is 1. The van der Waals surface area contributed by atoms with Crippen LogP contribution in [0.3, 0.4) is 0 Å². The average molecular weight is 505 g/mol. The smallest absolute Gasteiger partial charge is 0.306 e. The van der Waals surface area contributed by atoms with Gasteiger partial charge in [-0.15, -0.1) is 0 Å². The summed E-state index contributed by atoms with van der Waals surface area (Å²) in [6.45, 7) is 7.75. The Morgan fingerprint density at radius 1 is 1.29 bits per heavy atom. The first kappa shape index (κ1) is 25.3. The van der Waals surface area contributed by atoms with Crippen LogP contribution in [-0.2, 0) is 16.3 Å². The highest BCUT2D eigenvalue weighted by molar-refractivity contribution is 6.76. The molecule has 1 saturated heterocycles. The number of hydrogen-bond acceptors (Lipinski definition) is 6. The summed E-state index contributed by atoms with van der Waals surface area (Å²) in [6.07, 6.45) is 3.51. The van der Waals surface area contributed by atoms with E-state index in [1.54, 1.807) is 11.0 Å². The zero-order chi connectivity index (χ0) is 25.4. The number of ether oxygens (including phenoxy) is 2. The van der Waals surface area contributed by atoms with Crippen LogP contribution >= 0.6 is 0 Å². The van der Waals surface area contributed by atoms with Gasteiger partial charge in [-0.25, -0.2) is 14.1 Å². The fourth-order valence-corrected chi connectivity index (χ4v) is 5.33. The predicted octanol–water partition coefficient (Wildman–Crippen LogP) is 3.87. The molecule has 2 fully saturated rings. The van der Waals surface area contributed by atoms with Crippen molar-refractivity contribution in [2.45, 2.75) is 63.6 Å². The highest BCUT2D eigenvalue weighted by Gasteiger charge is 2.54. The molecule has 2 aromatic heterocycles. The Labute approximate surface area is 205 Å². The first-order valence-corrected chi connectivity index (χ1v) is 15.6. The first-order valence-electron chi connectivity index (χ1n) is 11.9. The van der Waals surface area contributed by atoms with E-state index in [2.05, 4.69) is 29.7 Å². The van der Waals surface area contributed by atoms with E-state index in [4.69, 9.17) is 9.47 Å². The van der Waals surface area contributed by atoms with Crippen LogP contribution in [0.4, 0.5) is 4.39 Å². The lowest BCUT2D eigenvalue weighted by molar-refractivity contribution is -0.144. The van der Waals surface area contributed by atoms with E-state index in [1.165, 1.54) is 17.9 Å². The molecule has 2 aliphatic rings. The lowest BCUT2D eigenvalue weighted by atomic mass is 9.89. The maximum Gasteiger partial charge on any atom is 0.306 e. The van der Waals surface area contributed by atoms with Crippen LogP contribution in [0.1, 0.15) is 36.2 Å². The van der Waals surface area contributed by atoms with Crippen molar-refractivity contribution in [3.8, 4) is 17.1 Å². The minimum Gasteiger partial charge on any atom is -0.481 e. The van der Waals surface area contributed by atoms with Crippen LogP contribution in [0.25, 0.3) is 11.3 Å². The summed E-state index contributed by atoms with van der Waals surface area (Å²) >= 11 is 0. The fraction of sp³-hybridized carbons (Fsp3) is 0.583. The number of carboxylic acid groups (broad SMARTS) is 1.